The number of nitrogens with one attached hydrogen (secondary N) is 1. The van der Waals surface area contributed by atoms with Crippen molar-refractivity contribution < 1.29 is 18.9 Å². The highest BCUT2D eigenvalue weighted by Gasteiger charge is 2.68. The summed E-state index contributed by atoms with van der Waals surface area (Å²) in [4.78, 5) is 29.2. The second-order valence-electron chi connectivity index (χ2n) is 10.5. The molecule has 4 atom stereocenters. The molecule has 0 spiro atoms. The smallest absolute Gasteiger partial charge is 0.312 e. The average molecular weight is 493 g/mol. The molecular formula is C25H33ClN2O4S. The highest BCUT2D eigenvalue weighted by atomic mass is 35.5. The second kappa shape index (κ2) is 8.74. The van der Waals surface area contributed by atoms with Gasteiger partial charge in [-0.3, -0.25) is 9.59 Å². The van der Waals surface area contributed by atoms with E-state index in [2.05, 4.69) is 4.72 Å². The normalized spacial score (nSPS) is 30.6. The van der Waals surface area contributed by atoms with Gasteiger partial charge in [-0.15, -0.1) is 4.72 Å². The molecule has 0 radical (unpaired) electrons. The monoisotopic (exact) mass is 492 g/mol. The van der Waals surface area contributed by atoms with Crippen molar-refractivity contribution in [3.8, 4) is 0 Å². The van der Waals surface area contributed by atoms with Gasteiger partial charge in [0.25, 0.3) is 0 Å². The molecule has 6 nitrogen and oxygen atoms in total. The minimum absolute atomic E-state index is 0.0347. The third-order valence-electron chi connectivity index (χ3n) is 8.38. The molecule has 3 aliphatic carbocycles. The van der Waals surface area contributed by atoms with E-state index in [1.54, 1.807) is 0 Å². The highest BCUT2D eigenvalue weighted by Crippen LogP contribution is 2.64. The van der Waals surface area contributed by atoms with Crippen LogP contribution >= 0.6 is 11.6 Å². The summed E-state index contributed by atoms with van der Waals surface area (Å²) in [5, 5.41) is 0.911. The van der Waals surface area contributed by atoms with Crippen LogP contribution in [0.4, 0.5) is 0 Å². The first-order valence-electron chi connectivity index (χ1n) is 12.1. The standard InChI is InChI=1S/C25H33ClN2O4S/c1-24(25(13-14-25)23(30)32-2)12-11-20(16-5-7-18(26)8-6-16)28(22(24)29)21(17-3-4-17)15-27-33(31)19-9-10-19/h5-8,17,19-21,27H,3-4,9-15H2,1-2H3/t20-,21?,24?,33?/m0/s1. The number of halogens is 1. The van der Waals surface area contributed by atoms with E-state index < -0.39 is 22.2 Å². The summed E-state index contributed by atoms with van der Waals surface area (Å²) in [6.07, 6.45) is 6.95. The average Bonchev–Trinajstić information content (AvgIpc) is 3.65. The van der Waals surface area contributed by atoms with Crippen LogP contribution < -0.4 is 4.72 Å². The fraction of sp³-hybridized carbons (Fsp3) is 0.680. The Bertz CT molecular complexity index is 915. The number of methoxy groups -OCH3 is 1. The third-order valence-corrected chi connectivity index (χ3v) is 10.2. The number of carbonyl (C=O) groups excluding carboxylic acids is 2. The Hall–Kier alpha value is -1.28. The van der Waals surface area contributed by atoms with Gasteiger partial charge in [0.05, 0.1) is 36.6 Å². The molecule has 33 heavy (non-hydrogen) atoms. The molecule has 1 N–H and O–H groups in total. The Morgan fingerprint density at radius 3 is 2.42 bits per heavy atom. The Balaban J connectivity index is 1.48. The van der Waals surface area contributed by atoms with E-state index >= 15 is 0 Å². The van der Waals surface area contributed by atoms with Gasteiger partial charge in [-0.2, -0.15) is 0 Å². The molecule has 3 saturated carbocycles. The fourth-order valence-corrected chi connectivity index (χ4v) is 7.04. The predicted octanol–water partition coefficient (Wildman–Crippen LogP) is 4.16. The van der Waals surface area contributed by atoms with Crippen molar-refractivity contribution in [2.75, 3.05) is 13.7 Å². The maximum Gasteiger partial charge on any atom is 0.312 e. The molecule has 0 bridgehead atoms. The van der Waals surface area contributed by atoms with Crippen molar-refractivity contribution in [3.63, 3.8) is 0 Å². The molecule has 4 aliphatic rings. The number of likely N-dealkylation sites (tertiary alicyclic amines) is 1. The van der Waals surface area contributed by atoms with Gasteiger partial charge in [0.1, 0.15) is 5.25 Å². The first kappa shape index (κ1) is 23.5. The van der Waals surface area contributed by atoms with Gasteiger partial charge < -0.3 is 14.2 Å². The van der Waals surface area contributed by atoms with Gasteiger partial charge in [0, 0.05) is 29.2 Å². The van der Waals surface area contributed by atoms with E-state index in [0.717, 1.165) is 37.7 Å². The molecule has 5 rings (SSSR count). The van der Waals surface area contributed by atoms with Crippen LogP contribution in [0.25, 0.3) is 0 Å². The molecular weight excluding hydrogens is 460 g/mol. The summed E-state index contributed by atoms with van der Waals surface area (Å²) < 4.78 is 21.0. The Morgan fingerprint density at radius 1 is 1.21 bits per heavy atom. The van der Waals surface area contributed by atoms with Gasteiger partial charge in [-0.25, -0.2) is 0 Å². The summed E-state index contributed by atoms with van der Waals surface area (Å²) in [5.74, 6) is 0.162. The zero-order valence-electron chi connectivity index (χ0n) is 19.3. The zero-order chi connectivity index (χ0) is 23.4. The van der Waals surface area contributed by atoms with E-state index in [4.69, 9.17) is 16.3 Å². The van der Waals surface area contributed by atoms with Crippen molar-refractivity contribution in [2.45, 2.75) is 75.6 Å². The van der Waals surface area contributed by atoms with Crippen LogP contribution in [-0.2, 0) is 25.7 Å². The maximum absolute atomic E-state index is 14.4. The predicted molar refractivity (Wildman–Crippen MR) is 128 cm³/mol. The number of esters is 1. The van der Waals surface area contributed by atoms with Crippen LogP contribution in [0.1, 0.15) is 69.9 Å². The van der Waals surface area contributed by atoms with Crippen LogP contribution in [0, 0.1) is 16.7 Å². The fourth-order valence-electron chi connectivity index (χ4n) is 5.78. The summed E-state index contributed by atoms with van der Waals surface area (Å²) >= 11 is 5.09. The lowest BCUT2D eigenvalue weighted by atomic mass is 9.66. The molecule has 1 aliphatic heterocycles. The van der Waals surface area contributed by atoms with Gasteiger partial charge in [-0.1, -0.05) is 23.7 Å². The number of piperidine rings is 1. The Kier molecular flexibility index (Phi) is 6.21. The first-order chi connectivity index (χ1) is 15.8. The van der Waals surface area contributed by atoms with Crippen LogP contribution in [0.15, 0.2) is 24.3 Å². The largest absolute Gasteiger partial charge is 0.598 e. The van der Waals surface area contributed by atoms with Crippen LogP contribution in [0.3, 0.4) is 0 Å². The zero-order valence-corrected chi connectivity index (χ0v) is 20.9. The third kappa shape index (κ3) is 4.19. The molecule has 1 aromatic carbocycles. The van der Waals surface area contributed by atoms with Crippen molar-refractivity contribution in [3.05, 3.63) is 34.9 Å². The molecule has 3 unspecified atom stereocenters. The quantitative estimate of drug-likeness (QED) is 0.413. The molecule has 180 valence electrons. The highest BCUT2D eigenvalue weighted by molar-refractivity contribution is 7.90. The van der Waals surface area contributed by atoms with Gasteiger partial charge in [0.15, 0.2) is 0 Å². The number of hydrogen-bond donors (Lipinski definition) is 1. The van der Waals surface area contributed by atoms with Crippen LogP contribution in [0.2, 0.25) is 5.02 Å². The van der Waals surface area contributed by atoms with Crippen LogP contribution in [-0.4, -0.2) is 46.3 Å². The van der Waals surface area contributed by atoms with E-state index in [1.807, 2.05) is 36.1 Å². The molecule has 4 fully saturated rings. The van der Waals surface area contributed by atoms with E-state index in [1.165, 1.54) is 7.11 Å². The lowest BCUT2D eigenvalue weighted by Gasteiger charge is -2.50. The number of benzene rings is 1. The maximum atomic E-state index is 14.4. The SMILES string of the molecule is COC(=O)C1(C2(C)CC[C@@H](c3ccc(Cl)cc3)N(C(CN[S+]([O-])C3CC3)C3CC3)C2=O)CC1. The lowest BCUT2D eigenvalue weighted by molar-refractivity contribution is -0.170. The number of amides is 1. The van der Waals surface area contributed by atoms with Crippen molar-refractivity contribution in [1.82, 2.24) is 9.62 Å². The van der Waals surface area contributed by atoms with Crippen molar-refractivity contribution >= 4 is 34.8 Å². The van der Waals surface area contributed by atoms with E-state index in [0.29, 0.717) is 36.7 Å². The van der Waals surface area contributed by atoms with Gasteiger partial charge in [-0.05, 0) is 69.1 Å². The van der Waals surface area contributed by atoms with Gasteiger partial charge in [0.2, 0.25) is 5.91 Å². The topological polar surface area (TPSA) is 81.7 Å². The second-order valence-corrected chi connectivity index (χ2v) is 12.5. The summed E-state index contributed by atoms with van der Waals surface area (Å²) in [6.45, 7) is 2.48. The van der Waals surface area contributed by atoms with Crippen LogP contribution in [0.5, 0.6) is 0 Å². The van der Waals surface area contributed by atoms with Crippen molar-refractivity contribution in [2.24, 2.45) is 16.7 Å². The number of carbonyl (C=O) groups is 2. The van der Waals surface area contributed by atoms with E-state index in [9.17, 15) is 14.1 Å². The Labute approximate surface area is 204 Å². The number of ether oxygens (including phenoxy) is 1. The lowest BCUT2D eigenvalue weighted by Crippen LogP contribution is -2.60. The van der Waals surface area contributed by atoms with E-state index in [-0.39, 0.29) is 29.2 Å². The Morgan fingerprint density at radius 2 is 1.88 bits per heavy atom. The molecule has 1 amide bonds. The minimum Gasteiger partial charge on any atom is -0.598 e. The molecule has 0 aromatic heterocycles. The number of rotatable bonds is 9. The van der Waals surface area contributed by atoms with Gasteiger partial charge >= 0.3 is 5.97 Å². The molecule has 1 aromatic rings. The minimum atomic E-state index is -1.06. The first-order valence-corrected chi connectivity index (χ1v) is 13.7. The number of nitrogens with zero attached hydrogens (tertiary/aromatic N) is 1. The summed E-state index contributed by atoms with van der Waals surface area (Å²) in [5.41, 5.74) is -0.446. The summed E-state index contributed by atoms with van der Waals surface area (Å²) in [7, 11) is 1.41. The molecule has 1 saturated heterocycles. The number of hydrogen-bond acceptors (Lipinski definition) is 5. The van der Waals surface area contributed by atoms with Crippen molar-refractivity contribution in [1.29, 1.82) is 0 Å². The summed E-state index contributed by atoms with van der Waals surface area (Å²) in [6, 6.07) is 7.62. The molecule has 1 heterocycles. The molecule has 8 heteroatoms.